The molecule has 0 spiro atoms. The third kappa shape index (κ3) is 1.92. The summed E-state index contributed by atoms with van der Waals surface area (Å²) in [4.78, 5) is 11.7. The van der Waals surface area contributed by atoms with Crippen LogP contribution in [0.3, 0.4) is 0 Å². The zero-order valence-corrected chi connectivity index (χ0v) is 14.6. The van der Waals surface area contributed by atoms with Crippen molar-refractivity contribution < 1.29 is 9.85 Å². The van der Waals surface area contributed by atoms with E-state index in [1.165, 1.54) is 0 Å². The SMILES string of the molecule is Cc1ccc(C2(N=O)C(O)C(PI)=[N+]([O-])C2(C)C)cc1. The molecule has 1 aromatic carbocycles. The van der Waals surface area contributed by atoms with E-state index < -0.39 is 17.2 Å². The molecule has 0 saturated carbocycles. The summed E-state index contributed by atoms with van der Waals surface area (Å²) in [5, 5.41) is 26.2. The topological polar surface area (TPSA) is 75.7 Å². The maximum absolute atomic E-state index is 12.4. The van der Waals surface area contributed by atoms with Crippen molar-refractivity contribution in [3.05, 3.63) is 45.5 Å². The van der Waals surface area contributed by atoms with E-state index in [1.54, 1.807) is 26.0 Å². The monoisotopic (exact) mass is 406 g/mol. The predicted octanol–water partition coefficient (Wildman–Crippen LogP) is 3.05. The van der Waals surface area contributed by atoms with Crippen LogP contribution in [0.15, 0.2) is 29.4 Å². The Morgan fingerprint density at radius 1 is 1.40 bits per heavy atom. The molecular formula is C13H16IN2O3P. The summed E-state index contributed by atoms with van der Waals surface area (Å²) >= 11 is 2.04. The summed E-state index contributed by atoms with van der Waals surface area (Å²) in [6, 6.07) is 7.22. The van der Waals surface area contributed by atoms with E-state index in [4.69, 9.17) is 0 Å². The molecule has 7 heteroatoms. The Labute approximate surface area is 132 Å². The first kappa shape index (κ1) is 15.8. The fourth-order valence-electron chi connectivity index (χ4n) is 2.72. The van der Waals surface area contributed by atoms with Crippen molar-refractivity contribution in [3.63, 3.8) is 0 Å². The Morgan fingerprint density at radius 3 is 2.35 bits per heavy atom. The third-order valence-corrected chi connectivity index (χ3v) is 6.37. The predicted molar refractivity (Wildman–Crippen MR) is 89.7 cm³/mol. The van der Waals surface area contributed by atoms with E-state index in [0.717, 1.165) is 10.3 Å². The Balaban J connectivity index is 2.68. The lowest BCUT2D eigenvalue weighted by molar-refractivity contribution is -0.540. The Morgan fingerprint density at radius 2 is 1.95 bits per heavy atom. The van der Waals surface area contributed by atoms with Gasteiger partial charge in [-0.25, -0.2) is 0 Å². The Bertz CT molecular complexity index is 573. The molecule has 0 amide bonds. The van der Waals surface area contributed by atoms with E-state index in [-0.39, 0.29) is 6.22 Å². The normalized spacial score (nSPS) is 29.4. The number of halogens is 1. The number of hydrogen-bond acceptors (Lipinski definition) is 4. The van der Waals surface area contributed by atoms with Crippen molar-refractivity contribution in [2.24, 2.45) is 5.18 Å². The minimum absolute atomic E-state index is 0.102. The number of rotatable bonds is 3. The number of aliphatic hydroxyl groups excluding tert-OH is 1. The molecule has 1 N–H and O–H groups in total. The largest absolute Gasteiger partial charge is 0.623 e. The van der Waals surface area contributed by atoms with Crippen molar-refractivity contribution >= 4 is 33.7 Å². The van der Waals surface area contributed by atoms with Crippen molar-refractivity contribution in [2.75, 3.05) is 0 Å². The van der Waals surface area contributed by atoms with Crippen molar-refractivity contribution in [1.82, 2.24) is 0 Å². The number of hydrogen-bond donors (Lipinski definition) is 1. The second kappa shape index (κ2) is 5.31. The molecule has 20 heavy (non-hydrogen) atoms. The van der Waals surface area contributed by atoms with E-state index >= 15 is 0 Å². The summed E-state index contributed by atoms with van der Waals surface area (Å²) < 4.78 is 0.754. The molecular weight excluding hydrogens is 390 g/mol. The molecule has 0 radical (unpaired) electrons. The molecule has 1 heterocycles. The van der Waals surface area contributed by atoms with Crippen molar-refractivity contribution in [3.8, 4) is 0 Å². The van der Waals surface area contributed by atoms with E-state index in [0.29, 0.717) is 11.0 Å². The van der Waals surface area contributed by atoms with Crippen LogP contribution in [0.2, 0.25) is 0 Å². The minimum atomic E-state index is -1.48. The first-order chi connectivity index (χ1) is 9.32. The molecule has 3 unspecified atom stereocenters. The van der Waals surface area contributed by atoms with Crippen LogP contribution in [0.1, 0.15) is 25.0 Å². The number of aliphatic hydroxyl groups is 1. The molecule has 3 atom stereocenters. The number of aryl methyl sites for hydroxylation is 1. The molecule has 108 valence electrons. The van der Waals surface area contributed by atoms with Crippen LogP contribution < -0.4 is 0 Å². The third-order valence-electron chi connectivity index (χ3n) is 4.05. The second-order valence-corrected chi connectivity index (χ2v) is 7.78. The van der Waals surface area contributed by atoms with Crippen LogP contribution >= 0.6 is 28.3 Å². The number of nitroso groups, excluding NO2 is 1. The highest BCUT2D eigenvalue weighted by Crippen LogP contribution is 2.50. The van der Waals surface area contributed by atoms with Gasteiger partial charge in [-0.1, -0.05) is 29.8 Å². The maximum atomic E-state index is 12.4. The number of hydroxylamine groups is 1. The number of nitrogens with zero attached hydrogens (tertiary/aromatic N) is 2. The molecule has 0 aliphatic carbocycles. The van der Waals surface area contributed by atoms with Crippen molar-refractivity contribution in [2.45, 2.75) is 38.0 Å². The van der Waals surface area contributed by atoms with Gasteiger partial charge in [-0.15, -0.1) is 4.91 Å². The Kier molecular flexibility index (Phi) is 4.19. The second-order valence-electron chi connectivity index (χ2n) is 5.46. The van der Waals surface area contributed by atoms with Gasteiger partial charge in [-0.2, -0.15) is 4.74 Å². The van der Waals surface area contributed by atoms with E-state index in [9.17, 15) is 15.2 Å². The fraction of sp³-hybridized carbons (Fsp3) is 0.462. The van der Waals surface area contributed by atoms with Gasteiger partial charge in [0.05, 0.1) is 0 Å². The zero-order chi connectivity index (χ0) is 15.1. The van der Waals surface area contributed by atoms with Crippen LogP contribution in [0, 0.1) is 17.0 Å². The van der Waals surface area contributed by atoms with Crippen LogP contribution in [-0.2, 0) is 5.54 Å². The van der Waals surface area contributed by atoms with E-state index in [1.807, 2.05) is 41.1 Å². The van der Waals surface area contributed by atoms with Crippen LogP contribution in [0.5, 0.6) is 0 Å². The summed E-state index contributed by atoms with van der Waals surface area (Å²) in [5.41, 5.74) is -0.678. The highest BCUT2D eigenvalue weighted by molar-refractivity contribution is 14.2. The summed E-state index contributed by atoms with van der Waals surface area (Å²) in [7, 11) is 0. The van der Waals surface area contributed by atoms with Crippen LogP contribution in [-0.4, -0.2) is 26.9 Å². The van der Waals surface area contributed by atoms with Crippen LogP contribution in [0.4, 0.5) is 0 Å². The fourth-order valence-corrected chi connectivity index (χ4v) is 4.93. The maximum Gasteiger partial charge on any atom is 0.227 e. The first-order valence-electron chi connectivity index (χ1n) is 6.13. The molecule has 1 aliphatic heterocycles. The number of benzene rings is 1. The lowest BCUT2D eigenvalue weighted by atomic mass is 9.73. The van der Waals surface area contributed by atoms with Gasteiger partial charge < -0.3 is 10.3 Å². The molecule has 1 aliphatic rings. The zero-order valence-electron chi connectivity index (χ0n) is 11.4. The lowest BCUT2D eigenvalue weighted by Gasteiger charge is -2.34. The highest BCUT2D eigenvalue weighted by Gasteiger charge is 2.67. The summed E-state index contributed by atoms with van der Waals surface area (Å²) in [6.07, 6.45) is -1.09. The lowest BCUT2D eigenvalue weighted by Crippen LogP contribution is -2.52. The van der Waals surface area contributed by atoms with Gasteiger partial charge in [0.15, 0.2) is 6.10 Å². The molecule has 0 bridgehead atoms. The molecule has 0 fully saturated rings. The molecule has 1 aromatic rings. The van der Waals surface area contributed by atoms with Gasteiger partial charge >= 0.3 is 0 Å². The molecule has 5 nitrogen and oxygen atoms in total. The summed E-state index contributed by atoms with van der Waals surface area (Å²) in [5.74, 6) is 0. The Hall–Kier alpha value is -0.590. The average molecular weight is 406 g/mol. The first-order valence-corrected chi connectivity index (χ1v) is 10.2. The van der Waals surface area contributed by atoms with Gasteiger partial charge in [-0.05, 0) is 39.7 Å². The summed E-state index contributed by atoms with van der Waals surface area (Å²) in [6.45, 7) is 5.23. The molecule has 0 aromatic heterocycles. The molecule has 0 saturated heterocycles. The van der Waals surface area contributed by atoms with Gasteiger partial charge in [-0.3, -0.25) is 0 Å². The quantitative estimate of drug-likeness (QED) is 0.276. The van der Waals surface area contributed by atoms with Crippen molar-refractivity contribution in [1.29, 1.82) is 0 Å². The smallest absolute Gasteiger partial charge is 0.227 e. The van der Waals surface area contributed by atoms with Gasteiger partial charge in [0.25, 0.3) is 0 Å². The van der Waals surface area contributed by atoms with Gasteiger partial charge in [0.2, 0.25) is 16.5 Å². The van der Waals surface area contributed by atoms with Crippen LogP contribution in [0.25, 0.3) is 0 Å². The average Bonchev–Trinajstić information content (AvgIpc) is 2.56. The standard InChI is InChI=1S/C13H16IN2O3P/c1-8-4-6-9(7-5-8)13(15-18)10(17)11(20-14)16(19)12(13,2)3/h4-7,10,17,20H,1-3H3. The van der Waals surface area contributed by atoms with Gasteiger partial charge in [0.1, 0.15) is 0 Å². The highest BCUT2D eigenvalue weighted by atomic mass is 127. The van der Waals surface area contributed by atoms with E-state index in [2.05, 4.69) is 5.18 Å². The van der Waals surface area contributed by atoms with Gasteiger partial charge in [0, 0.05) is 20.1 Å². The minimum Gasteiger partial charge on any atom is -0.623 e. The molecule has 2 rings (SSSR count).